The summed E-state index contributed by atoms with van der Waals surface area (Å²) < 4.78 is 5.40. The smallest absolute Gasteiger partial charge is 0.137 e. The van der Waals surface area contributed by atoms with E-state index in [1.54, 1.807) is 7.11 Å². The first-order valence-corrected chi connectivity index (χ1v) is 7.34. The first-order valence-electron chi connectivity index (χ1n) is 6.96. The molecule has 1 aliphatic rings. The lowest BCUT2D eigenvalue weighted by molar-refractivity contribution is 0.108. The van der Waals surface area contributed by atoms with Gasteiger partial charge in [-0.3, -0.25) is 0 Å². The Balaban J connectivity index is 2.10. The Labute approximate surface area is 119 Å². The quantitative estimate of drug-likeness (QED) is 0.842. The molecule has 5 heteroatoms. The number of hydrogen-bond acceptors (Lipinski definition) is 4. The zero-order chi connectivity index (χ0) is 13.8. The van der Waals surface area contributed by atoms with Crippen LogP contribution in [0, 0.1) is 6.92 Å². The fraction of sp³-hybridized carbons (Fsp3) is 0.714. The van der Waals surface area contributed by atoms with Gasteiger partial charge in [-0.05, 0) is 32.6 Å². The maximum absolute atomic E-state index is 6.18. The normalized spacial score (nSPS) is 22.7. The highest BCUT2D eigenvalue weighted by Crippen LogP contribution is 2.27. The van der Waals surface area contributed by atoms with E-state index in [0.717, 1.165) is 49.3 Å². The van der Waals surface area contributed by atoms with Crippen molar-refractivity contribution in [2.75, 3.05) is 12.4 Å². The molecule has 4 nitrogen and oxygen atoms in total. The molecule has 0 spiro atoms. The standard InChI is InChI=1S/C14H22ClN3O/c1-4-5-12-17-13(15)9(2)14(18-12)16-10-6-7-11(8-10)19-3/h10-11H,4-8H2,1-3H3,(H,16,17,18). The van der Waals surface area contributed by atoms with Gasteiger partial charge in [-0.25, -0.2) is 9.97 Å². The summed E-state index contributed by atoms with van der Waals surface area (Å²) in [6.45, 7) is 4.08. The van der Waals surface area contributed by atoms with Crippen molar-refractivity contribution in [1.29, 1.82) is 0 Å². The van der Waals surface area contributed by atoms with Crippen molar-refractivity contribution < 1.29 is 4.74 Å². The summed E-state index contributed by atoms with van der Waals surface area (Å²) in [7, 11) is 1.78. The molecular weight excluding hydrogens is 262 g/mol. The van der Waals surface area contributed by atoms with Crippen LogP contribution in [0.2, 0.25) is 5.15 Å². The molecule has 0 bridgehead atoms. The predicted octanol–water partition coefficient (Wildman–Crippen LogP) is 3.37. The molecule has 2 atom stereocenters. The minimum atomic E-state index is 0.366. The summed E-state index contributed by atoms with van der Waals surface area (Å²) in [5.41, 5.74) is 0.933. The number of methoxy groups -OCH3 is 1. The summed E-state index contributed by atoms with van der Waals surface area (Å²) in [6.07, 6.45) is 5.50. The molecule has 2 rings (SSSR count). The minimum absolute atomic E-state index is 0.366. The Morgan fingerprint density at radius 1 is 1.37 bits per heavy atom. The van der Waals surface area contributed by atoms with Crippen LogP contribution in [0.25, 0.3) is 0 Å². The van der Waals surface area contributed by atoms with Crippen LogP contribution in [0.1, 0.15) is 44.0 Å². The maximum atomic E-state index is 6.18. The molecule has 0 aromatic carbocycles. The highest BCUT2D eigenvalue weighted by molar-refractivity contribution is 6.30. The molecule has 2 unspecified atom stereocenters. The van der Waals surface area contributed by atoms with Gasteiger partial charge in [0, 0.05) is 25.1 Å². The Morgan fingerprint density at radius 3 is 2.79 bits per heavy atom. The molecule has 0 amide bonds. The molecular formula is C14H22ClN3O. The molecule has 106 valence electrons. The highest BCUT2D eigenvalue weighted by atomic mass is 35.5. The fourth-order valence-corrected chi connectivity index (χ4v) is 2.67. The molecule has 0 aliphatic heterocycles. The van der Waals surface area contributed by atoms with Crippen LogP contribution in [-0.4, -0.2) is 29.2 Å². The van der Waals surface area contributed by atoms with Gasteiger partial charge in [0.2, 0.25) is 0 Å². The van der Waals surface area contributed by atoms with E-state index in [1.165, 1.54) is 0 Å². The lowest BCUT2D eigenvalue weighted by Gasteiger charge is -2.16. The van der Waals surface area contributed by atoms with Gasteiger partial charge < -0.3 is 10.1 Å². The molecule has 1 aliphatic carbocycles. The Morgan fingerprint density at radius 2 is 2.16 bits per heavy atom. The van der Waals surface area contributed by atoms with Crippen LogP contribution in [0.3, 0.4) is 0 Å². The number of hydrogen-bond donors (Lipinski definition) is 1. The lowest BCUT2D eigenvalue weighted by atomic mass is 10.2. The van der Waals surface area contributed by atoms with Crippen molar-refractivity contribution in [3.63, 3.8) is 0 Å². The van der Waals surface area contributed by atoms with Gasteiger partial charge in [0.05, 0.1) is 6.10 Å². The van der Waals surface area contributed by atoms with Crippen molar-refractivity contribution in [1.82, 2.24) is 9.97 Å². The van der Waals surface area contributed by atoms with Crippen LogP contribution in [0.5, 0.6) is 0 Å². The summed E-state index contributed by atoms with van der Waals surface area (Å²) in [4.78, 5) is 8.91. The highest BCUT2D eigenvalue weighted by Gasteiger charge is 2.25. The molecule has 1 N–H and O–H groups in total. The Hall–Kier alpha value is -0.870. The van der Waals surface area contributed by atoms with Crippen molar-refractivity contribution >= 4 is 17.4 Å². The van der Waals surface area contributed by atoms with E-state index in [-0.39, 0.29) is 0 Å². The maximum Gasteiger partial charge on any atom is 0.137 e. The summed E-state index contributed by atoms with van der Waals surface area (Å²) in [6, 6.07) is 0.420. The minimum Gasteiger partial charge on any atom is -0.381 e. The van der Waals surface area contributed by atoms with E-state index in [4.69, 9.17) is 16.3 Å². The first kappa shape index (κ1) is 14.5. The topological polar surface area (TPSA) is 47.0 Å². The molecule has 1 aromatic rings. The number of anilines is 1. The van der Waals surface area contributed by atoms with E-state index in [2.05, 4.69) is 22.2 Å². The van der Waals surface area contributed by atoms with Crippen molar-refractivity contribution in [3.05, 3.63) is 16.5 Å². The van der Waals surface area contributed by atoms with Crippen LogP contribution < -0.4 is 5.32 Å². The van der Waals surface area contributed by atoms with E-state index in [1.807, 2.05) is 6.92 Å². The number of nitrogens with zero attached hydrogens (tertiary/aromatic N) is 2. The molecule has 1 saturated carbocycles. The van der Waals surface area contributed by atoms with Crippen LogP contribution in [-0.2, 0) is 11.2 Å². The fourth-order valence-electron chi connectivity index (χ4n) is 2.49. The lowest BCUT2D eigenvalue weighted by Crippen LogP contribution is -2.19. The van der Waals surface area contributed by atoms with Gasteiger partial charge in [0.25, 0.3) is 0 Å². The Kier molecular flexibility index (Phi) is 4.99. The second-order valence-corrected chi connectivity index (χ2v) is 5.52. The predicted molar refractivity (Wildman–Crippen MR) is 77.8 cm³/mol. The van der Waals surface area contributed by atoms with Crippen LogP contribution in [0.4, 0.5) is 5.82 Å². The largest absolute Gasteiger partial charge is 0.381 e. The van der Waals surface area contributed by atoms with Gasteiger partial charge in [0.1, 0.15) is 16.8 Å². The van der Waals surface area contributed by atoms with E-state index in [9.17, 15) is 0 Å². The third kappa shape index (κ3) is 3.57. The van der Waals surface area contributed by atoms with Gasteiger partial charge in [-0.15, -0.1) is 0 Å². The molecule has 19 heavy (non-hydrogen) atoms. The second kappa shape index (κ2) is 6.53. The average molecular weight is 284 g/mol. The molecule has 0 saturated heterocycles. The van der Waals surface area contributed by atoms with Gasteiger partial charge >= 0.3 is 0 Å². The molecule has 0 radical (unpaired) electrons. The molecule has 1 aromatic heterocycles. The summed E-state index contributed by atoms with van der Waals surface area (Å²) in [5.74, 6) is 1.70. The second-order valence-electron chi connectivity index (χ2n) is 5.17. The van der Waals surface area contributed by atoms with Gasteiger partial charge in [0.15, 0.2) is 0 Å². The number of aryl methyl sites for hydroxylation is 1. The zero-order valence-electron chi connectivity index (χ0n) is 11.9. The molecule has 1 heterocycles. The van der Waals surface area contributed by atoms with Crippen LogP contribution in [0.15, 0.2) is 0 Å². The average Bonchev–Trinajstić information content (AvgIpc) is 2.83. The van der Waals surface area contributed by atoms with Gasteiger partial charge in [-0.2, -0.15) is 0 Å². The summed E-state index contributed by atoms with van der Waals surface area (Å²) >= 11 is 6.18. The molecule has 1 fully saturated rings. The number of rotatable bonds is 5. The van der Waals surface area contributed by atoms with Crippen molar-refractivity contribution in [3.8, 4) is 0 Å². The van der Waals surface area contributed by atoms with E-state index >= 15 is 0 Å². The first-order chi connectivity index (χ1) is 9.13. The SMILES string of the molecule is CCCc1nc(Cl)c(C)c(NC2CCC(OC)C2)n1. The summed E-state index contributed by atoms with van der Waals surface area (Å²) in [5, 5.41) is 4.06. The van der Waals surface area contributed by atoms with Crippen molar-refractivity contribution in [2.45, 2.75) is 58.1 Å². The number of halogens is 1. The van der Waals surface area contributed by atoms with E-state index in [0.29, 0.717) is 17.3 Å². The van der Waals surface area contributed by atoms with Gasteiger partial charge in [-0.1, -0.05) is 18.5 Å². The number of nitrogens with one attached hydrogen (secondary N) is 1. The number of ether oxygens (including phenoxy) is 1. The van der Waals surface area contributed by atoms with E-state index < -0.39 is 0 Å². The number of aromatic nitrogens is 2. The third-order valence-electron chi connectivity index (χ3n) is 3.67. The van der Waals surface area contributed by atoms with Crippen molar-refractivity contribution in [2.24, 2.45) is 0 Å². The third-order valence-corrected chi connectivity index (χ3v) is 4.03. The monoisotopic (exact) mass is 283 g/mol. The zero-order valence-corrected chi connectivity index (χ0v) is 12.6. The van der Waals surface area contributed by atoms with Crippen LogP contribution >= 0.6 is 11.6 Å². The Bertz CT molecular complexity index is 439.